The third kappa shape index (κ3) is 5.04. The standard InChI is InChI=1S/C51H29N3O2S/c1-3-13-30(14-4-1)49-52-50(31-15-5-2-6-16-31)54-51(53-49)39-21-11-20-38-45-35(19-12-23-43(45)56-47(38)39)36-27-26-33(46-37-18-8-10-24-44(37)57-48(36)46)32-25-28-42-40(29-32)34-17-7-9-22-41(34)55-42/h1-29H. The quantitative estimate of drug-likeness (QED) is 0.175. The first-order valence-electron chi connectivity index (χ1n) is 18.9. The van der Waals surface area contributed by atoms with E-state index in [4.69, 9.17) is 23.8 Å². The zero-order valence-corrected chi connectivity index (χ0v) is 31.1. The number of para-hydroxylation sites is 2. The van der Waals surface area contributed by atoms with Gasteiger partial charge < -0.3 is 8.83 Å². The number of fused-ring (bicyclic) bond motifs is 9. The first-order valence-corrected chi connectivity index (χ1v) is 19.7. The summed E-state index contributed by atoms with van der Waals surface area (Å²) in [4.78, 5) is 15.0. The van der Waals surface area contributed by atoms with Crippen molar-refractivity contribution in [1.82, 2.24) is 15.0 Å². The Morgan fingerprint density at radius 3 is 1.77 bits per heavy atom. The van der Waals surface area contributed by atoms with Gasteiger partial charge in [0, 0.05) is 58.4 Å². The molecule has 12 aromatic rings. The second-order valence-electron chi connectivity index (χ2n) is 14.3. The molecule has 266 valence electrons. The minimum Gasteiger partial charge on any atom is -0.456 e. The Morgan fingerprint density at radius 1 is 0.351 bits per heavy atom. The summed E-state index contributed by atoms with van der Waals surface area (Å²) in [6.45, 7) is 0. The van der Waals surface area contributed by atoms with Gasteiger partial charge in [0.05, 0.1) is 5.56 Å². The van der Waals surface area contributed by atoms with E-state index < -0.39 is 0 Å². The molecule has 0 fully saturated rings. The van der Waals surface area contributed by atoms with Gasteiger partial charge in [-0.1, -0.05) is 140 Å². The van der Waals surface area contributed by atoms with Crippen molar-refractivity contribution in [2.24, 2.45) is 0 Å². The summed E-state index contributed by atoms with van der Waals surface area (Å²) in [5.74, 6) is 1.79. The van der Waals surface area contributed by atoms with E-state index in [-0.39, 0.29) is 0 Å². The van der Waals surface area contributed by atoms with Gasteiger partial charge in [-0.15, -0.1) is 11.3 Å². The van der Waals surface area contributed by atoms with Gasteiger partial charge in [0.15, 0.2) is 17.5 Å². The van der Waals surface area contributed by atoms with Crippen LogP contribution in [0.4, 0.5) is 0 Å². The molecule has 4 heterocycles. The molecule has 0 spiro atoms. The van der Waals surface area contributed by atoms with Crippen molar-refractivity contribution in [2.75, 3.05) is 0 Å². The van der Waals surface area contributed by atoms with Crippen LogP contribution in [0.3, 0.4) is 0 Å². The van der Waals surface area contributed by atoms with Crippen LogP contribution in [0.15, 0.2) is 185 Å². The molecule has 0 aliphatic heterocycles. The minimum absolute atomic E-state index is 0.563. The van der Waals surface area contributed by atoms with E-state index >= 15 is 0 Å². The number of rotatable bonds is 5. The van der Waals surface area contributed by atoms with Crippen LogP contribution in [0.2, 0.25) is 0 Å². The molecule has 0 bridgehead atoms. The van der Waals surface area contributed by atoms with Gasteiger partial charge in [-0.05, 0) is 53.1 Å². The average molecular weight is 748 g/mol. The molecule has 57 heavy (non-hydrogen) atoms. The third-order valence-electron chi connectivity index (χ3n) is 11.0. The minimum atomic E-state index is 0.563. The lowest BCUT2D eigenvalue weighted by atomic mass is 9.92. The molecule has 0 unspecified atom stereocenters. The summed E-state index contributed by atoms with van der Waals surface area (Å²) >= 11 is 1.84. The smallest absolute Gasteiger partial charge is 0.167 e. The lowest BCUT2D eigenvalue weighted by molar-refractivity contribution is 0.669. The van der Waals surface area contributed by atoms with Crippen LogP contribution in [0.5, 0.6) is 0 Å². The molecule has 0 saturated heterocycles. The van der Waals surface area contributed by atoms with Gasteiger partial charge in [-0.25, -0.2) is 15.0 Å². The lowest BCUT2D eigenvalue weighted by Gasteiger charge is -2.11. The fourth-order valence-corrected chi connectivity index (χ4v) is 9.61. The number of furan rings is 2. The summed E-state index contributed by atoms with van der Waals surface area (Å²) in [7, 11) is 0. The Kier molecular flexibility index (Phi) is 7.03. The van der Waals surface area contributed by atoms with Crippen molar-refractivity contribution < 1.29 is 8.83 Å². The molecular formula is C51H29N3O2S. The van der Waals surface area contributed by atoms with Gasteiger partial charge in [-0.2, -0.15) is 0 Å². The van der Waals surface area contributed by atoms with E-state index in [0.717, 1.165) is 71.7 Å². The number of nitrogens with zero attached hydrogens (tertiary/aromatic N) is 3. The van der Waals surface area contributed by atoms with Crippen molar-refractivity contribution in [3.63, 3.8) is 0 Å². The normalized spacial score (nSPS) is 11.9. The maximum atomic E-state index is 6.82. The molecule has 6 heteroatoms. The molecule has 0 saturated carbocycles. The number of thiophene rings is 1. The molecular weight excluding hydrogens is 719 g/mol. The topological polar surface area (TPSA) is 65.0 Å². The Morgan fingerprint density at radius 2 is 0.965 bits per heavy atom. The number of aromatic nitrogens is 3. The first-order chi connectivity index (χ1) is 28.2. The second-order valence-corrected chi connectivity index (χ2v) is 15.3. The van der Waals surface area contributed by atoms with Crippen LogP contribution in [-0.4, -0.2) is 15.0 Å². The van der Waals surface area contributed by atoms with Crippen LogP contribution in [-0.2, 0) is 0 Å². The predicted octanol–water partition coefficient (Wildman–Crippen LogP) is 14.4. The van der Waals surface area contributed by atoms with Crippen molar-refractivity contribution in [2.45, 2.75) is 0 Å². The Bertz CT molecular complexity index is 3470. The fraction of sp³-hybridized carbons (Fsp3) is 0. The number of benzene rings is 8. The van der Waals surface area contributed by atoms with Crippen LogP contribution in [0.25, 0.3) is 120 Å². The summed E-state index contributed by atoms with van der Waals surface area (Å²) in [5.41, 5.74) is 10.7. The van der Waals surface area contributed by atoms with Crippen LogP contribution in [0.1, 0.15) is 0 Å². The van der Waals surface area contributed by atoms with Gasteiger partial charge in [0.25, 0.3) is 0 Å². The Hall–Kier alpha value is -7.41. The molecule has 0 radical (unpaired) electrons. The summed E-state index contributed by atoms with van der Waals surface area (Å²) in [5, 5.41) is 6.81. The molecule has 0 atom stereocenters. The molecule has 8 aromatic carbocycles. The second kappa shape index (κ2) is 12.6. The van der Waals surface area contributed by atoms with Gasteiger partial charge in [0.1, 0.15) is 22.3 Å². The predicted molar refractivity (Wildman–Crippen MR) is 234 cm³/mol. The number of hydrogen-bond acceptors (Lipinski definition) is 6. The zero-order valence-electron chi connectivity index (χ0n) is 30.3. The Balaban J connectivity index is 1.07. The van der Waals surface area contributed by atoms with Crippen LogP contribution < -0.4 is 0 Å². The van der Waals surface area contributed by atoms with Crippen molar-refractivity contribution >= 4 is 75.4 Å². The highest BCUT2D eigenvalue weighted by molar-refractivity contribution is 7.26. The van der Waals surface area contributed by atoms with E-state index in [2.05, 4.69) is 97.1 Å². The van der Waals surface area contributed by atoms with Gasteiger partial charge >= 0.3 is 0 Å². The maximum Gasteiger partial charge on any atom is 0.167 e. The van der Waals surface area contributed by atoms with E-state index in [1.165, 1.54) is 31.3 Å². The maximum absolute atomic E-state index is 6.82. The third-order valence-corrected chi connectivity index (χ3v) is 12.2. The largest absolute Gasteiger partial charge is 0.456 e. The average Bonchev–Trinajstić information content (AvgIpc) is 3.98. The Labute approximate surface area is 330 Å². The van der Waals surface area contributed by atoms with Crippen molar-refractivity contribution in [3.8, 4) is 56.4 Å². The molecule has 5 nitrogen and oxygen atoms in total. The highest BCUT2D eigenvalue weighted by Crippen LogP contribution is 2.48. The summed E-state index contributed by atoms with van der Waals surface area (Å²) < 4.78 is 15.5. The van der Waals surface area contributed by atoms with Gasteiger partial charge in [-0.3, -0.25) is 0 Å². The molecule has 12 rings (SSSR count). The van der Waals surface area contributed by atoms with Gasteiger partial charge in [0.2, 0.25) is 0 Å². The van der Waals surface area contributed by atoms with E-state index in [0.29, 0.717) is 17.5 Å². The van der Waals surface area contributed by atoms with E-state index in [9.17, 15) is 0 Å². The molecule has 0 amide bonds. The van der Waals surface area contributed by atoms with Crippen LogP contribution >= 0.6 is 11.3 Å². The molecule has 0 aliphatic rings. The molecule has 0 aliphatic carbocycles. The van der Waals surface area contributed by atoms with Crippen LogP contribution in [0, 0.1) is 0 Å². The highest BCUT2D eigenvalue weighted by Gasteiger charge is 2.22. The lowest BCUT2D eigenvalue weighted by Crippen LogP contribution is -2.00. The van der Waals surface area contributed by atoms with E-state index in [1.54, 1.807) is 0 Å². The highest BCUT2D eigenvalue weighted by atomic mass is 32.1. The molecule has 0 N–H and O–H groups in total. The van der Waals surface area contributed by atoms with Crippen molar-refractivity contribution in [1.29, 1.82) is 0 Å². The van der Waals surface area contributed by atoms with Crippen molar-refractivity contribution in [3.05, 3.63) is 176 Å². The fourth-order valence-electron chi connectivity index (χ4n) is 8.35. The monoisotopic (exact) mass is 747 g/mol. The van der Waals surface area contributed by atoms with E-state index in [1.807, 2.05) is 90.2 Å². The zero-order chi connectivity index (χ0) is 37.5. The SMILES string of the molecule is c1ccc(-c2nc(-c3ccccc3)nc(-c3cccc4c3oc3cccc(-c5ccc(-c6ccc7oc8ccccc8c7c6)c6c5sc5ccccc56)c34)n2)cc1. The molecule has 4 aromatic heterocycles. The summed E-state index contributed by atoms with van der Waals surface area (Å²) in [6.07, 6.45) is 0. The summed E-state index contributed by atoms with van der Waals surface area (Å²) in [6, 6.07) is 60.9. The first kappa shape index (κ1) is 31.9. The number of hydrogen-bond donors (Lipinski definition) is 0.